The van der Waals surface area contributed by atoms with Gasteiger partial charge < -0.3 is 39.9 Å². The maximum atomic E-state index is 13.6. The number of carbonyl (C=O) groups excluding carboxylic acids is 4. The predicted octanol–water partition coefficient (Wildman–Crippen LogP) is 6.27. The third kappa shape index (κ3) is 8.24. The second-order valence-corrected chi connectivity index (χ2v) is 15.3. The van der Waals surface area contributed by atoms with Crippen LogP contribution in [0.4, 0.5) is 9.59 Å². The molecule has 3 aromatic heterocycles. The predicted molar refractivity (Wildman–Crippen MR) is 203 cm³/mol. The van der Waals surface area contributed by atoms with Gasteiger partial charge in [0.2, 0.25) is 11.8 Å². The summed E-state index contributed by atoms with van der Waals surface area (Å²) in [5.41, 5.74) is 3.58. The van der Waals surface area contributed by atoms with E-state index in [1.165, 1.54) is 14.2 Å². The zero-order valence-corrected chi connectivity index (χ0v) is 31.8. The first-order valence-corrected chi connectivity index (χ1v) is 18.9. The number of imidazole rings is 2. The van der Waals surface area contributed by atoms with Gasteiger partial charge in [0.15, 0.2) is 0 Å². The molecule has 4 aromatic rings. The van der Waals surface area contributed by atoms with Crippen LogP contribution in [0.2, 0.25) is 0 Å². The molecular formula is C38H48N8O6S. The second kappa shape index (κ2) is 16.2. The minimum absolute atomic E-state index is 0.103. The summed E-state index contributed by atoms with van der Waals surface area (Å²) in [4.78, 5) is 73.1. The van der Waals surface area contributed by atoms with Gasteiger partial charge in [0.25, 0.3) is 0 Å². The lowest BCUT2D eigenvalue weighted by Gasteiger charge is -2.30. The van der Waals surface area contributed by atoms with Crippen molar-refractivity contribution in [2.24, 2.45) is 11.8 Å². The molecule has 1 unspecified atom stereocenters. The minimum Gasteiger partial charge on any atom is -0.453 e. The van der Waals surface area contributed by atoms with Crippen molar-refractivity contribution < 1.29 is 28.7 Å². The van der Waals surface area contributed by atoms with Crippen LogP contribution in [0.25, 0.3) is 33.8 Å². The molecule has 5 heterocycles. The van der Waals surface area contributed by atoms with Gasteiger partial charge in [-0.1, -0.05) is 39.8 Å². The summed E-state index contributed by atoms with van der Waals surface area (Å²) >= 11 is 1.63. The van der Waals surface area contributed by atoms with Crippen molar-refractivity contribution in [3.8, 4) is 10.6 Å². The summed E-state index contributed by atoms with van der Waals surface area (Å²) < 4.78 is 9.50. The number of nitrogens with zero attached hydrogens (tertiary/aromatic N) is 4. The number of benzene rings is 1. The van der Waals surface area contributed by atoms with Crippen molar-refractivity contribution in [1.29, 1.82) is 0 Å². The van der Waals surface area contributed by atoms with Gasteiger partial charge in [-0.3, -0.25) is 9.59 Å². The molecule has 4 N–H and O–H groups in total. The minimum atomic E-state index is -0.688. The molecule has 2 aliphatic rings. The van der Waals surface area contributed by atoms with Crippen molar-refractivity contribution in [2.75, 3.05) is 27.3 Å². The number of rotatable bonds is 11. The van der Waals surface area contributed by atoms with Crippen LogP contribution in [0.5, 0.6) is 0 Å². The van der Waals surface area contributed by atoms with E-state index >= 15 is 0 Å². The van der Waals surface area contributed by atoms with Crippen molar-refractivity contribution in [3.63, 3.8) is 0 Å². The molecule has 282 valence electrons. The molecule has 0 radical (unpaired) electrons. The highest BCUT2D eigenvalue weighted by atomic mass is 32.1. The first kappa shape index (κ1) is 37.6. The third-order valence-corrected chi connectivity index (χ3v) is 11.0. The van der Waals surface area contributed by atoms with E-state index in [2.05, 4.69) is 49.9 Å². The normalized spacial score (nSPS) is 18.6. The van der Waals surface area contributed by atoms with E-state index in [4.69, 9.17) is 14.5 Å². The van der Waals surface area contributed by atoms with Crippen molar-refractivity contribution in [1.82, 2.24) is 40.4 Å². The fraction of sp³-hybridized carbons (Fsp3) is 0.474. The standard InChI is InChI=1S/C38H48N8O6S/c1-21(2)31(43-37(49)51-5)35(47)45-17-7-9-28(45)33-39-20-27(42-33)30-16-14-24(53-30)13-11-23-12-15-25-26(19-23)41-34(40-25)29-10-8-18-46(29)36(48)32(22(3)4)44-38(50)52-6/h11-16,19-22,28-29,31-32H,7-10,17-18H2,1-6H3,(H,39,42)(H,40,41)(H,43,49)(H,44,50)/b13-11+/t28?,29-,31-,32-/m0/s1. The Morgan fingerprint density at radius 3 is 2.02 bits per heavy atom. The third-order valence-electron chi connectivity index (χ3n) is 9.94. The van der Waals surface area contributed by atoms with E-state index in [0.717, 1.165) is 69.4 Å². The molecule has 15 heteroatoms. The van der Waals surface area contributed by atoms with Crippen LogP contribution in [-0.2, 0) is 19.1 Å². The van der Waals surface area contributed by atoms with Gasteiger partial charge in [-0.2, -0.15) is 0 Å². The lowest BCUT2D eigenvalue weighted by Crippen LogP contribution is -2.51. The Morgan fingerprint density at radius 2 is 1.43 bits per heavy atom. The van der Waals surface area contributed by atoms with Gasteiger partial charge in [0, 0.05) is 18.0 Å². The van der Waals surface area contributed by atoms with Crippen LogP contribution < -0.4 is 10.6 Å². The molecule has 0 aliphatic carbocycles. The molecule has 1 aromatic carbocycles. The molecular weight excluding hydrogens is 697 g/mol. The zero-order valence-electron chi connectivity index (χ0n) is 31.0. The largest absolute Gasteiger partial charge is 0.453 e. The highest BCUT2D eigenvalue weighted by Crippen LogP contribution is 2.35. The van der Waals surface area contributed by atoms with Crippen LogP contribution >= 0.6 is 11.3 Å². The Kier molecular flexibility index (Phi) is 11.5. The van der Waals surface area contributed by atoms with E-state index in [1.54, 1.807) is 11.3 Å². The number of carbonyl (C=O) groups is 4. The fourth-order valence-corrected chi connectivity index (χ4v) is 7.97. The Balaban J connectivity index is 1.12. The topological polar surface area (TPSA) is 175 Å². The molecule has 2 fully saturated rings. The van der Waals surface area contributed by atoms with Crippen LogP contribution in [-0.4, -0.2) is 93.1 Å². The summed E-state index contributed by atoms with van der Waals surface area (Å²) in [6, 6.07) is 8.37. The maximum absolute atomic E-state index is 13.6. The molecule has 2 saturated heterocycles. The van der Waals surface area contributed by atoms with Gasteiger partial charge in [0.1, 0.15) is 23.7 Å². The highest BCUT2D eigenvalue weighted by molar-refractivity contribution is 7.16. The summed E-state index contributed by atoms with van der Waals surface area (Å²) in [5, 5.41) is 5.39. The molecule has 4 amide bonds. The van der Waals surface area contributed by atoms with Gasteiger partial charge in [-0.05, 0) is 73.4 Å². The van der Waals surface area contributed by atoms with Gasteiger partial charge in [-0.25, -0.2) is 19.6 Å². The number of ether oxygens (including phenoxy) is 2. The molecule has 4 atom stereocenters. The van der Waals surface area contributed by atoms with E-state index in [1.807, 2.05) is 61.9 Å². The Morgan fingerprint density at radius 1 is 0.830 bits per heavy atom. The van der Waals surface area contributed by atoms with Crippen LogP contribution in [0, 0.1) is 11.8 Å². The number of amides is 4. The SMILES string of the molecule is COC(=O)N[C@H](C(=O)N1CCCC1c1ncc(-c2ccc(/C=C/c3ccc4nc([C@@H]5CCCN5C(=O)[C@@H](NC(=O)OC)C(C)C)[nH]c4c3)s2)[nH]1)C(C)C. The smallest absolute Gasteiger partial charge is 0.407 e. The number of aromatic amines is 2. The number of alkyl carbamates (subject to hydrolysis) is 2. The van der Waals surface area contributed by atoms with Crippen LogP contribution in [0.3, 0.4) is 0 Å². The molecule has 0 bridgehead atoms. The zero-order chi connectivity index (χ0) is 37.8. The lowest BCUT2D eigenvalue weighted by molar-refractivity contribution is -0.136. The van der Waals surface area contributed by atoms with E-state index in [0.29, 0.717) is 13.1 Å². The van der Waals surface area contributed by atoms with Crippen molar-refractivity contribution in [3.05, 3.63) is 58.6 Å². The number of fused-ring (bicyclic) bond motifs is 1. The number of hydrogen-bond acceptors (Lipinski definition) is 9. The van der Waals surface area contributed by atoms with Gasteiger partial charge in [-0.15, -0.1) is 11.3 Å². The molecule has 14 nitrogen and oxygen atoms in total. The average Bonchev–Trinajstić information content (AvgIpc) is 3.98. The Labute approximate surface area is 312 Å². The summed E-state index contributed by atoms with van der Waals surface area (Å²) in [7, 11) is 2.58. The van der Waals surface area contributed by atoms with Crippen LogP contribution in [0.1, 0.15) is 87.6 Å². The number of methoxy groups -OCH3 is 2. The Bertz CT molecular complexity index is 1980. The highest BCUT2D eigenvalue weighted by Gasteiger charge is 2.39. The fourth-order valence-electron chi connectivity index (χ4n) is 7.09. The molecule has 2 aliphatic heterocycles. The number of aromatic nitrogens is 4. The quantitative estimate of drug-likeness (QED) is 0.139. The summed E-state index contributed by atoms with van der Waals surface area (Å²) in [6.07, 6.45) is 7.95. The second-order valence-electron chi connectivity index (χ2n) is 14.2. The lowest BCUT2D eigenvalue weighted by atomic mass is 10.0. The van der Waals surface area contributed by atoms with Crippen molar-refractivity contribution >= 4 is 58.5 Å². The monoisotopic (exact) mass is 744 g/mol. The first-order valence-electron chi connectivity index (χ1n) is 18.1. The number of nitrogens with one attached hydrogen (secondary N) is 4. The molecule has 53 heavy (non-hydrogen) atoms. The van der Waals surface area contributed by atoms with E-state index in [-0.39, 0.29) is 35.7 Å². The number of likely N-dealkylation sites (tertiary alicyclic amines) is 2. The molecule has 0 saturated carbocycles. The van der Waals surface area contributed by atoms with E-state index < -0.39 is 24.3 Å². The average molecular weight is 745 g/mol. The number of thiophene rings is 1. The number of H-pyrrole nitrogens is 2. The number of hydrogen-bond donors (Lipinski definition) is 4. The molecule has 0 spiro atoms. The summed E-state index contributed by atoms with van der Waals surface area (Å²) in [5.74, 6) is 0.974. The van der Waals surface area contributed by atoms with Crippen LogP contribution in [0.15, 0.2) is 36.5 Å². The van der Waals surface area contributed by atoms with Gasteiger partial charge >= 0.3 is 12.2 Å². The molecule has 6 rings (SSSR count). The van der Waals surface area contributed by atoms with E-state index in [9.17, 15) is 19.2 Å². The Hall–Kier alpha value is -5.18. The van der Waals surface area contributed by atoms with Gasteiger partial charge in [0.05, 0.1) is 54.1 Å². The van der Waals surface area contributed by atoms with Crippen molar-refractivity contribution in [2.45, 2.75) is 77.5 Å². The summed E-state index contributed by atoms with van der Waals surface area (Å²) in [6.45, 7) is 8.79. The first-order chi connectivity index (χ1) is 25.5. The maximum Gasteiger partial charge on any atom is 0.407 e.